The van der Waals surface area contributed by atoms with E-state index in [1.807, 2.05) is 0 Å². The molecule has 1 aliphatic heterocycles. The molecule has 1 heterocycles. The zero-order valence-electron chi connectivity index (χ0n) is 18.3. The van der Waals surface area contributed by atoms with Crippen LogP contribution in [-0.4, -0.2) is 38.3 Å². The number of sulfonamides is 1. The Labute approximate surface area is 186 Å². The average molecular weight is 469 g/mol. The Kier molecular flexibility index (Phi) is 7.00. The Bertz CT molecular complexity index is 1080. The van der Waals surface area contributed by atoms with Gasteiger partial charge < -0.3 is 4.90 Å². The van der Waals surface area contributed by atoms with E-state index in [-0.39, 0.29) is 23.1 Å². The maximum atomic E-state index is 12.9. The van der Waals surface area contributed by atoms with Crippen LogP contribution < -0.4 is 4.90 Å². The monoisotopic (exact) mass is 468 g/mol. The van der Waals surface area contributed by atoms with Gasteiger partial charge in [0.2, 0.25) is 15.9 Å². The van der Waals surface area contributed by atoms with Crippen LogP contribution in [0.25, 0.3) is 0 Å². The van der Waals surface area contributed by atoms with Crippen LogP contribution in [0.2, 0.25) is 0 Å². The summed E-state index contributed by atoms with van der Waals surface area (Å²) in [6.45, 7) is 6.57. The Morgan fingerprint density at radius 3 is 2.28 bits per heavy atom. The summed E-state index contributed by atoms with van der Waals surface area (Å²) >= 11 is 0. The second-order valence-electron chi connectivity index (χ2n) is 7.90. The smallest absolute Gasteiger partial charge is 0.312 e. The normalized spacial score (nSPS) is 15.2. The summed E-state index contributed by atoms with van der Waals surface area (Å²) in [5, 5.41) is 0. The lowest BCUT2D eigenvalue weighted by Crippen LogP contribution is -2.31. The second-order valence-corrected chi connectivity index (χ2v) is 9.84. The molecule has 0 spiro atoms. The first-order chi connectivity index (χ1) is 15.0. The number of benzene rings is 2. The summed E-state index contributed by atoms with van der Waals surface area (Å²) in [6, 6.07) is 9.69. The topological polar surface area (TPSA) is 57.7 Å². The number of nitrogens with zero attached hydrogens (tertiary/aromatic N) is 2. The molecular weight excluding hydrogens is 441 g/mol. The Balaban J connectivity index is 1.74. The summed E-state index contributed by atoms with van der Waals surface area (Å²) in [5.41, 5.74) is 1.43. The van der Waals surface area contributed by atoms with Gasteiger partial charge in [0.15, 0.2) is 0 Å². The van der Waals surface area contributed by atoms with Crippen molar-refractivity contribution in [3.63, 3.8) is 0 Å². The average Bonchev–Trinajstić information content (AvgIpc) is 3.17. The maximum absolute atomic E-state index is 12.9. The number of carbonyl (C=O) groups is 1. The lowest BCUT2D eigenvalue weighted by molar-refractivity contribution is -0.137. The molecule has 2 aromatic carbocycles. The van der Waals surface area contributed by atoms with Crippen LogP contribution in [0.1, 0.15) is 49.8 Å². The number of carbonyl (C=O) groups excluding carboxylic acids is 1. The molecule has 0 aromatic heterocycles. The highest BCUT2D eigenvalue weighted by Crippen LogP contribution is 2.34. The SMILES string of the molecule is CCN(CC)S(=O)(=O)c1ccc2c(c1)CCN2C(=O)CC(C)c1ccc(C(F)(F)F)cc1. The highest BCUT2D eigenvalue weighted by atomic mass is 32.2. The molecule has 0 radical (unpaired) electrons. The molecule has 174 valence electrons. The molecule has 1 aliphatic rings. The van der Waals surface area contributed by atoms with E-state index in [0.29, 0.717) is 37.3 Å². The van der Waals surface area contributed by atoms with Crippen molar-refractivity contribution in [3.8, 4) is 0 Å². The minimum absolute atomic E-state index is 0.143. The molecule has 0 N–H and O–H groups in total. The largest absolute Gasteiger partial charge is 0.416 e. The van der Waals surface area contributed by atoms with Crippen LogP contribution in [0.15, 0.2) is 47.4 Å². The highest BCUT2D eigenvalue weighted by Gasteiger charge is 2.31. The van der Waals surface area contributed by atoms with Crippen LogP contribution in [0.5, 0.6) is 0 Å². The summed E-state index contributed by atoms with van der Waals surface area (Å²) in [5.74, 6) is -0.397. The van der Waals surface area contributed by atoms with Crippen molar-refractivity contribution in [1.29, 1.82) is 0 Å². The zero-order chi connectivity index (χ0) is 23.7. The molecule has 2 aromatic rings. The van der Waals surface area contributed by atoms with E-state index in [1.165, 1.54) is 22.5 Å². The minimum atomic E-state index is -4.39. The van der Waals surface area contributed by atoms with Crippen molar-refractivity contribution in [1.82, 2.24) is 4.31 Å². The Morgan fingerprint density at radius 2 is 1.72 bits per heavy atom. The molecule has 0 aliphatic carbocycles. The van der Waals surface area contributed by atoms with E-state index in [4.69, 9.17) is 0 Å². The standard InChI is InChI=1S/C23H27F3N2O3S/c1-4-27(5-2)32(30,31)20-10-11-21-18(15-20)12-13-28(21)22(29)14-16(3)17-6-8-19(9-7-17)23(24,25)26/h6-11,15-16H,4-5,12-14H2,1-3H3. The van der Waals surface area contributed by atoms with Gasteiger partial charge in [0.05, 0.1) is 10.5 Å². The molecule has 32 heavy (non-hydrogen) atoms. The lowest BCUT2D eigenvalue weighted by atomic mass is 9.96. The van der Waals surface area contributed by atoms with Crippen LogP contribution in [-0.2, 0) is 27.4 Å². The van der Waals surface area contributed by atoms with Crippen molar-refractivity contribution in [2.24, 2.45) is 0 Å². The van der Waals surface area contributed by atoms with Gasteiger partial charge in [-0.15, -0.1) is 0 Å². The van der Waals surface area contributed by atoms with Gasteiger partial charge in [0, 0.05) is 31.7 Å². The number of rotatable bonds is 7. The molecule has 1 unspecified atom stereocenters. The number of hydrogen-bond acceptors (Lipinski definition) is 3. The summed E-state index contributed by atoms with van der Waals surface area (Å²) in [4.78, 5) is 14.8. The molecule has 0 saturated heterocycles. The van der Waals surface area contributed by atoms with Gasteiger partial charge in [-0.25, -0.2) is 8.42 Å². The number of amides is 1. The van der Waals surface area contributed by atoms with Crippen LogP contribution in [0, 0.1) is 0 Å². The van der Waals surface area contributed by atoms with Crippen LogP contribution in [0.3, 0.4) is 0 Å². The van der Waals surface area contributed by atoms with E-state index < -0.39 is 21.8 Å². The van der Waals surface area contributed by atoms with Crippen LogP contribution in [0.4, 0.5) is 18.9 Å². The molecule has 3 rings (SSSR count). The quantitative estimate of drug-likeness (QED) is 0.586. The molecule has 5 nitrogen and oxygen atoms in total. The molecule has 1 amide bonds. The van der Waals surface area contributed by atoms with Gasteiger partial charge in [-0.05, 0) is 53.8 Å². The van der Waals surface area contributed by atoms with Gasteiger partial charge in [0.25, 0.3) is 0 Å². The number of alkyl halides is 3. The number of hydrogen-bond donors (Lipinski definition) is 0. The van der Waals surface area contributed by atoms with E-state index in [1.54, 1.807) is 37.8 Å². The Hall–Kier alpha value is -2.39. The van der Waals surface area contributed by atoms with E-state index in [9.17, 15) is 26.4 Å². The predicted octanol–water partition coefficient (Wildman–Crippen LogP) is 4.82. The molecule has 1 atom stereocenters. The van der Waals surface area contributed by atoms with Crippen molar-refractivity contribution >= 4 is 21.6 Å². The number of fused-ring (bicyclic) bond motifs is 1. The fourth-order valence-electron chi connectivity index (χ4n) is 4.00. The van der Waals surface area contributed by atoms with Gasteiger partial charge in [-0.1, -0.05) is 32.9 Å². The third kappa shape index (κ3) is 4.83. The number of halogens is 3. The summed E-state index contributed by atoms with van der Waals surface area (Å²) in [7, 11) is -3.58. The van der Waals surface area contributed by atoms with Crippen LogP contribution >= 0.6 is 0 Å². The van der Waals surface area contributed by atoms with Crippen molar-refractivity contribution in [2.75, 3.05) is 24.5 Å². The molecule has 9 heteroatoms. The molecular formula is C23H27F3N2O3S. The summed E-state index contributed by atoms with van der Waals surface area (Å²) < 4.78 is 65.2. The van der Waals surface area contributed by atoms with Crippen molar-refractivity contribution < 1.29 is 26.4 Å². The van der Waals surface area contributed by atoms with Gasteiger partial charge in [-0.3, -0.25) is 4.79 Å². The third-order valence-electron chi connectivity index (χ3n) is 5.88. The fourth-order valence-corrected chi connectivity index (χ4v) is 5.51. The first kappa shape index (κ1) is 24.3. The summed E-state index contributed by atoms with van der Waals surface area (Å²) in [6.07, 6.45) is -3.70. The maximum Gasteiger partial charge on any atom is 0.416 e. The second kappa shape index (κ2) is 9.23. The number of anilines is 1. The molecule has 0 saturated carbocycles. The van der Waals surface area contributed by atoms with E-state index in [0.717, 1.165) is 17.7 Å². The Morgan fingerprint density at radius 1 is 1.09 bits per heavy atom. The van der Waals surface area contributed by atoms with E-state index in [2.05, 4.69) is 0 Å². The highest BCUT2D eigenvalue weighted by molar-refractivity contribution is 7.89. The first-order valence-electron chi connectivity index (χ1n) is 10.6. The molecule has 0 fully saturated rings. The minimum Gasteiger partial charge on any atom is -0.312 e. The fraction of sp³-hybridized carbons (Fsp3) is 0.435. The first-order valence-corrected chi connectivity index (χ1v) is 12.0. The predicted molar refractivity (Wildman–Crippen MR) is 117 cm³/mol. The zero-order valence-corrected chi connectivity index (χ0v) is 19.1. The van der Waals surface area contributed by atoms with Crippen molar-refractivity contribution in [2.45, 2.75) is 50.6 Å². The molecule has 0 bridgehead atoms. The lowest BCUT2D eigenvalue weighted by Gasteiger charge is -2.21. The third-order valence-corrected chi connectivity index (χ3v) is 7.92. The van der Waals surface area contributed by atoms with E-state index >= 15 is 0 Å². The van der Waals surface area contributed by atoms with Gasteiger partial charge in [0.1, 0.15) is 0 Å². The van der Waals surface area contributed by atoms with Crippen molar-refractivity contribution in [3.05, 3.63) is 59.2 Å². The van der Waals surface area contributed by atoms with Gasteiger partial charge >= 0.3 is 6.18 Å². The van der Waals surface area contributed by atoms with Gasteiger partial charge in [-0.2, -0.15) is 17.5 Å².